The van der Waals surface area contributed by atoms with Gasteiger partial charge in [-0.15, -0.1) is 4.40 Å². The molecule has 0 unspecified atom stereocenters. The van der Waals surface area contributed by atoms with Crippen LogP contribution in [0, 0.1) is 11.6 Å². The lowest BCUT2D eigenvalue weighted by atomic mass is 10.2. The van der Waals surface area contributed by atoms with Crippen molar-refractivity contribution < 1.29 is 17.2 Å². The zero-order valence-electron chi connectivity index (χ0n) is 9.97. The molecule has 0 bridgehead atoms. The first-order chi connectivity index (χ1) is 9.47. The summed E-state index contributed by atoms with van der Waals surface area (Å²) in [6, 6.07) is 9.47. The van der Waals surface area contributed by atoms with Crippen LogP contribution in [0.3, 0.4) is 0 Å². The minimum absolute atomic E-state index is 0.0880. The van der Waals surface area contributed by atoms with Gasteiger partial charge in [-0.3, -0.25) is 0 Å². The van der Waals surface area contributed by atoms with Crippen LogP contribution in [0.5, 0.6) is 0 Å². The zero-order chi connectivity index (χ0) is 14.3. The first-order valence-electron chi connectivity index (χ1n) is 5.64. The third-order valence-corrected chi connectivity index (χ3v) is 4.15. The van der Waals surface area contributed by atoms with Crippen molar-refractivity contribution in [3.05, 3.63) is 59.7 Å². The van der Waals surface area contributed by atoms with E-state index in [0.717, 1.165) is 12.1 Å². The Kier molecular flexibility index (Phi) is 2.79. The highest BCUT2D eigenvalue weighted by Gasteiger charge is 2.28. The van der Waals surface area contributed by atoms with Gasteiger partial charge >= 0.3 is 0 Å². The fourth-order valence-corrected chi connectivity index (χ4v) is 3.08. The highest BCUT2D eigenvalue weighted by atomic mass is 32.2. The first kappa shape index (κ1) is 12.7. The highest BCUT2D eigenvalue weighted by molar-refractivity contribution is 7.90. The molecule has 0 amide bonds. The molecular weight excluding hydrogens is 286 g/mol. The fourth-order valence-electron chi connectivity index (χ4n) is 1.91. The number of benzene rings is 2. The number of nitrogens with zero attached hydrogens (tertiary/aromatic N) is 1. The summed E-state index contributed by atoms with van der Waals surface area (Å²) in [7, 11) is -3.74. The topological polar surface area (TPSA) is 58.5 Å². The van der Waals surface area contributed by atoms with Crippen molar-refractivity contribution >= 4 is 21.5 Å². The molecule has 0 radical (unpaired) electrons. The molecule has 1 aliphatic heterocycles. The fraction of sp³-hybridized carbons (Fsp3) is 0. The van der Waals surface area contributed by atoms with E-state index in [1.807, 2.05) is 0 Å². The molecule has 1 aliphatic rings. The molecule has 1 N–H and O–H groups in total. The van der Waals surface area contributed by atoms with Gasteiger partial charge in [-0.1, -0.05) is 12.1 Å². The van der Waals surface area contributed by atoms with Gasteiger partial charge in [0.25, 0.3) is 10.0 Å². The van der Waals surface area contributed by atoms with Crippen LogP contribution in [0.25, 0.3) is 0 Å². The lowest BCUT2D eigenvalue weighted by Gasteiger charge is -2.06. The Morgan fingerprint density at radius 3 is 2.50 bits per heavy atom. The highest BCUT2D eigenvalue weighted by Crippen LogP contribution is 2.26. The second kappa shape index (κ2) is 4.38. The number of amidine groups is 1. The molecule has 0 spiro atoms. The molecule has 0 aromatic heterocycles. The number of sulfonamides is 1. The maximum atomic E-state index is 13.1. The molecule has 102 valence electrons. The van der Waals surface area contributed by atoms with Crippen LogP contribution in [-0.4, -0.2) is 14.3 Å². The van der Waals surface area contributed by atoms with Crippen molar-refractivity contribution in [2.45, 2.75) is 4.90 Å². The molecule has 3 rings (SSSR count). The zero-order valence-corrected chi connectivity index (χ0v) is 10.8. The van der Waals surface area contributed by atoms with Crippen molar-refractivity contribution in [3.8, 4) is 0 Å². The number of anilines is 1. The van der Waals surface area contributed by atoms with E-state index >= 15 is 0 Å². The largest absolute Gasteiger partial charge is 0.339 e. The van der Waals surface area contributed by atoms with Crippen LogP contribution in [0.1, 0.15) is 5.56 Å². The molecule has 0 saturated heterocycles. The van der Waals surface area contributed by atoms with Gasteiger partial charge in [0.05, 0.1) is 0 Å². The maximum Gasteiger partial charge on any atom is 0.285 e. The van der Waals surface area contributed by atoms with Gasteiger partial charge in [0.15, 0.2) is 17.5 Å². The van der Waals surface area contributed by atoms with E-state index in [4.69, 9.17) is 0 Å². The summed E-state index contributed by atoms with van der Waals surface area (Å²) in [5.74, 6) is -1.91. The van der Waals surface area contributed by atoms with Crippen LogP contribution in [0.4, 0.5) is 14.5 Å². The van der Waals surface area contributed by atoms with E-state index in [2.05, 4.69) is 9.71 Å². The van der Waals surface area contributed by atoms with Crippen LogP contribution < -0.4 is 5.32 Å². The van der Waals surface area contributed by atoms with Gasteiger partial charge in [0.1, 0.15) is 4.90 Å². The summed E-state index contributed by atoms with van der Waals surface area (Å²) in [6.45, 7) is 0. The normalized spacial score (nSPS) is 15.6. The summed E-state index contributed by atoms with van der Waals surface area (Å²) in [5.41, 5.74) is 0.617. The van der Waals surface area contributed by atoms with Gasteiger partial charge in [-0.2, -0.15) is 8.42 Å². The predicted molar refractivity (Wildman–Crippen MR) is 70.1 cm³/mol. The Morgan fingerprint density at radius 2 is 1.75 bits per heavy atom. The second-order valence-corrected chi connectivity index (χ2v) is 5.74. The SMILES string of the molecule is O=S1(=O)N=C(Nc2ccc(F)c(F)c2)c2ccccc21. The van der Waals surface area contributed by atoms with Crippen LogP contribution in [-0.2, 0) is 10.0 Å². The Hall–Kier alpha value is -2.28. The van der Waals surface area contributed by atoms with Crippen LogP contribution in [0.15, 0.2) is 51.8 Å². The molecule has 2 aromatic carbocycles. The van der Waals surface area contributed by atoms with Crippen LogP contribution in [0.2, 0.25) is 0 Å². The Morgan fingerprint density at radius 1 is 1.00 bits per heavy atom. The maximum absolute atomic E-state index is 13.1. The molecule has 0 atom stereocenters. The smallest absolute Gasteiger partial charge is 0.285 e. The number of nitrogens with one attached hydrogen (secondary N) is 1. The van der Waals surface area contributed by atoms with E-state index in [-0.39, 0.29) is 16.4 Å². The molecule has 2 aromatic rings. The Balaban J connectivity index is 2.02. The van der Waals surface area contributed by atoms with E-state index in [9.17, 15) is 17.2 Å². The molecule has 7 heteroatoms. The quantitative estimate of drug-likeness (QED) is 0.879. The van der Waals surface area contributed by atoms with Gasteiger partial charge < -0.3 is 5.32 Å². The van der Waals surface area contributed by atoms with E-state index < -0.39 is 21.7 Å². The molecule has 0 fully saturated rings. The number of fused-ring (bicyclic) bond motifs is 1. The molecule has 4 nitrogen and oxygen atoms in total. The summed E-state index contributed by atoms with van der Waals surface area (Å²) in [5, 5.41) is 2.68. The molecule has 0 aliphatic carbocycles. The van der Waals surface area contributed by atoms with E-state index in [1.165, 1.54) is 12.1 Å². The number of rotatable bonds is 1. The predicted octanol–water partition coefficient (Wildman–Crippen LogP) is 2.53. The molecule has 0 saturated carbocycles. The Labute approximate surface area is 113 Å². The average molecular weight is 294 g/mol. The van der Waals surface area contributed by atoms with Crippen molar-refractivity contribution in [1.82, 2.24) is 0 Å². The van der Waals surface area contributed by atoms with Gasteiger partial charge in [-0.25, -0.2) is 8.78 Å². The monoisotopic (exact) mass is 294 g/mol. The summed E-state index contributed by atoms with van der Waals surface area (Å²) in [4.78, 5) is 0.0880. The third kappa shape index (κ3) is 2.05. The van der Waals surface area contributed by atoms with E-state index in [1.54, 1.807) is 18.2 Å². The second-order valence-electron chi connectivity index (χ2n) is 4.17. The first-order valence-corrected chi connectivity index (χ1v) is 7.08. The summed E-state index contributed by atoms with van der Waals surface area (Å²) >= 11 is 0. The van der Waals surface area contributed by atoms with Gasteiger partial charge in [0.2, 0.25) is 0 Å². The van der Waals surface area contributed by atoms with Crippen molar-refractivity contribution in [1.29, 1.82) is 0 Å². The number of hydrogen-bond donors (Lipinski definition) is 1. The van der Waals surface area contributed by atoms with Gasteiger partial charge in [-0.05, 0) is 24.3 Å². The standard InChI is InChI=1S/C13H8F2N2O2S/c14-10-6-5-8(7-11(10)15)16-13-9-3-1-2-4-12(9)20(18,19)17-13/h1-7H,(H,16,17). The number of hydrogen-bond acceptors (Lipinski definition) is 3. The lowest BCUT2D eigenvalue weighted by molar-refractivity contribution is 0.509. The molecule has 20 heavy (non-hydrogen) atoms. The van der Waals surface area contributed by atoms with Crippen molar-refractivity contribution in [2.75, 3.05) is 5.32 Å². The van der Waals surface area contributed by atoms with Gasteiger partial charge in [0, 0.05) is 17.3 Å². The van der Waals surface area contributed by atoms with E-state index in [0.29, 0.717) is 5.56 Å². The molecule has 1 heterocycles. The lowest BCUT2D eigenvalue weighted by Crippen LogP contribution is -2.11. The Bertz CT molecular complexity index is 832. The van der Waals surface area contributed by atoms with Crippen molar-refractivity contribution in [2.24, 2.45) is 4.40 Å². The minimum Gasteiger partial charge on any atom is -0.339 e. The molecular formula is C13H8F2N2O2S. The third-order valence-electron chi connectivity index (χ3n) is 2.81. The summed E-state index contributed by atoms with van der Waals surface area (Å²) < 4.78 is 53.2. The summed E-state index contributed by atoms with van der Waals surface area (Å²) in [6.07, 6.45) is 0. The van der Waals surface area contributed by atoms with Crippen molar-refractivity contribution in [3.63, 3.8) is 0 Å². The minimum atomic E-state index is -3.74. The number of halogens is 2. The van der Waals surface area contributed by atoms with Crippen LogP contribution >= 0.6 is 0 Å². The average Bonchev–Trinajstić information content (AvgIpc) is 2.66.